The number of hydrogen-bond donors (Lipinski definition) is 0. The Morgan fingerprint density at radius 1 is 0.900 bits per heavy atom. The lowest BCUT2D eigenvalue weighted by Crippen LogP contribution is -2.39. The van der Waals surface area contributed by atoms with Gasteiger partial charge in [-0.1, -0.05) is 60.7 Å². The minimum Gasteiger partial charge on any atom is -0.379 e. The van der Waals surface area contributed by atoms with Gasteiger partial charge in [0.2, 0.25) is 0 Å². The first kappa shape index (κ1) is 19.0. The summed E-state index contributed by atoms with van der Waals surface area (Å²) in [6.45, 7) is 6.70. The van der Waals surface area contributed by atoms with Crippen LogP contribution in [0.1, 0.15) is 28.9 Å². The van der Waals surface area contributed by atoms with Gasteiger partial charge in [-0.25, -0.2) is 0 Å². The number of morpholine rings is 1. The molecule has 1 aromatic heterocycles. The molecule has 30 heavy (non-hydrogen) atoms. The van der Waals surface area contributed by atoms with Gasteiger partial charge in [-0.3, -0.25) is 9.69 Å². The summed E-state index contributed by atoms with van der Waals surface area (Å²) in [6, 6.07) is 22.6. The van der Waals surface area contributed by atoms with E-state index in [0.29, 0.717) is 0 Å². The lowest BCUT2D eigenvalue weighted by atomic mass is 9.97. The van der Waals surface area contributed by atoms with Gasteiger partial charge in [-0.15, -0.1) is 0 Å². The molecule has 4 nitrogen and oxygen atoms in total. The molecule has 152 valence electrons. The highest BCUT2D eigenvalue weighted by molar-refractivity contribution is 6.21. The Labute approximate surface area is 176 Å². The van der Waals surface area contributed by atoms with Gasteiger partial charge in [0.15, 0.2) is 5.78 Å². The topological polar surface area (TPSA) is 34.5 Å². The van der Waals surface area contributed by atoms with E-state index < -0.39 is 0 Å². The van der Waals surface area contributed by atoms with Crippen molar-refractivity contribution in [2.45, 2.75) is 13.0 Å². The molecule has 0 aliphatic carbocycles. The monoisotopic (exact) mass is 398 g/mol. The van der Waals surface area contributed by atoms with Crippen LogP contribution in [0.15, 0.2) is 72.9 Å². The number of rotatable bonds is 5. The van der Waals surface area contributed by atoms with Gasteiger partial charge in [0.05, 0.1) is 13.2 Å². The molecule has 1 aliphatic rings. The van der Waals surface area contributed by atoms with Crippen LogP contribution in [0.2, 0.25) is 0 Å². The maximum absolute atomic E-state index is 13.7. The van der Waals surface area contributed by atoms with E-state index >= 15 is 0 Å². The van der Waals surface area contributed by atoms with Crippen molar-refractivity contribution in [3.05, 3.63) is 84.1 Å². The van der Waals surface area contributed by atoms with E-state index in [4.69, 9.17) is 4.74 Å². The second-order valence-electron chi connectivity index (χ2n) is 8.09. The molecule has 1 fully saturated rings. The summed E-state index contributed by atoms with van der Waals surface area (Å²) >= 11 is 0. The van der Waals surface area contributed by atoms with Gasteiger partial charge in [-0.05, 0) is 23.8 Å². The molecule has 4 aromatic rings. The van der Waals surface area contributed by atoms with Gasteiger partial charge >= 0.3 is 0 Å². The molecular formula is C26H26N2O2. The first-order valence-corrected chi connectivity index (χ1v) is 10.6. The maximum Gasteiger partial charge on any atom is 0.195 e. The lowest BCUT2D eigenvalue weighted by Gasteiger charge is -2.29. The third-order valence-corrected chi connectivity index (χ3v) is 6.12. The van der Waals surface area contributed by atoms with Crippen LogP contribution in [0, 0.1) is 0 Å². The number of benzene rings is 3. The van der Waals surface area contributed by atoms with Crippen LogP contribution in [-0.4, -0.2) is 48.1 Å². The summed E-state index contributed by atoms with van der Waals surface area (Å²) in [6.07, 6.45) is 2.06. The van der Waals surface area contributed by atoms with Crippen molar-refractivity contribution >= 4 is 27.5 Å². The fraction of sp³-hybridized carbons (Fsp3) is 0.269. The van der Waals surface area contributed by atoms with Gasteiger partial charge in [0.25, 0.3) is 0 Å². The Bertz CT molecular complexity index is 1200. The number of ether oxygens (including phenoxy) is 1. The molecule has 0 saturated carbocycles. The van der Waals surface area contributed by atoms with E-state index in [1.54, 1.807) is 0 Å². The summed E-state index contributed by atoms with van der Waals surface area (Å²) in [5, 5.41) is 3.11. The Morgan fingerprint density at radius 3 is 2.43 bits per heavy atom. The molecule has 5 rings (SSSR count). The average molecular weight is 399 g/mol. The standard InChI is InChI=1S/C26H26N2O2/c1-19(17-27-13-15-30-16-14-27)28-18-24(22-10-4-5-12-25(22)28)26(29)23-11-6-8-20-7-2-3-9-21(20)23/h2-12,18-19H,13-17H2,1H3/t19-/m1/s1. The summed E-state index contributed by atoms with van der Waals surface area (Å²) in [5.74, 6) is 0.0836. The number of aromatic nitrogens is 1. The van der Waals surface area contributed by atoms with Gasteiger partial charge in [-0.2, -0.15) is 0 Å². The normalized spacial score (nSPS) is 16.2. The van der Waals surface area contributed by atoms with Crippen LogP contribution in [0.5, 0.6) is 0 Å². The van der Waals surface area contributed by atoms with E-state index in [2.05, 4.69) is 46.9 Å². The van der Waals surface area contributed by atoms with Crippen LogP contribution in [-0.2, 0) is 4.74 Å². The highest BCUT2D eigenvalue weighted by Crippen LogP contribution is 2.29. The van der Waals surface area contributed by atoms with Crippen molar-refractivity contribution in [2.75, 3.05) is 32.8 Å². The molecular weight excluding hydrogens is 372 g/mol. The summed E-state index contributed by atoms with van der Waals surface area (Å²) in [4.78, 5) is 16.1. The van der Waals surface area contributed by atoms with E-state index in [1.807, 2.05) is 42.5 Å². The quantitative estimate of drug-likeness (QED) is 0.448. The summed E-state index contributed by atoms with van der Waals surface area (Å²) < 4.78 is 7.75. The number of hydrogen-bond acceptors (Lipinski definition) is 3. The minimum absolute atomic E-state index is 0.0836. The van der Waals surface area contributed by atoms with E-state index in [0.717, 1.165) is 65.7 Å². The third kappa shape index (κ3) is 3.42. The molecule has 4 heteroatoms. The zero-order valence-electron chi connectivity index (χ0n) is 17.3. The number of carbonyl (C=O) groups excluding carboxylic acids is 1. The number of ketones is 1. The van der Waals surface area contributed by atoms with Crippen molar-refractivity contribution in [2.24, 2.45) is 0 Å². The average Bonchev–Trinajstić information content (AvgIpc) is 3.19. The molecule has 1 saturated heterocycles. The number of nitrogens with zero attached hydrogens (tertiary/aromatic N) is 2. The minimum atomic E-state index is 0.0836. The molecule has 1 aliphatic heterocycles. The van der Waals surface area contributed by atoms with Crippen molar-refractivity contribution < 1.29 is 9.53 Å². The number of para-hydroxylation sites is 1. The molecule has 0 radical (unpaired) electrons. The summed E-state index contributed by atoms with van der Waals surface area (Å²) in [7, 11) is 0. The SMILES string of the molecule is C[C@H](CN1CCOCC1)n1cc(C(=O)c2cccc3ccccc23)c2ccccc21. The Morgan fingerprint density at radius 2 is 1.60 bits per heavy atom. The van der Waals surface area contributed by atoms with Crippen LogP contribution in [0.25, 0.3) is 21.7 Å². The Balaban J connectivity index is 1.55. The molecule has 0 amide bonds. The maximum atomic E-state index is 13.7. The molecule has 0 unspecified atom stereocenters. The molecule has 2 heterocycles. The van der Waals surface area contributed by atoms with Crippen molar-refractivity contribution in [3.8, 4) is 0 Å². The second-order valence-corrected chi connectivity index (χ2v) is 8.09. The fourth-order valence-electron chi connectivity index (χ4n) is 4.56. The van der Waals surface area contributed by atoms with Crippen molar-refractivity contribution in [1.82, 2.24) is 9.47 Å². The van der Waals surface area contributed by atoms with Crippen LogP contribution in [0.3, 0.4) is 0 Å². The second kappa shape index (κ2) is 8.05. The highest BCUT2D eigenvalue weighted by atomic mass is 16.5. The van der Waals surface area contributed by atoms with Gasteiger partial charge < -0.3 is 9.30 Å². The molecule has 0 N–H and O–H groups in total. The van der Waals surface area contributed by atoms with Gasteiger partial charge in [0.1, 0.15) is 0 Å². The van der Waals surface area contributed by atoms with E-state index in [1.165, 1.54) is 0 Å². The van der Waals surface area contributed by atoms with Crippen LogP contribution in [0.4, 0.5) is 0 Å². The lowest BCUT2D eigenvalue weighted by molar-refractivity contribution is 0.0328. The largest absolute Gasteiger partial charge is 0.379 e. The highest BCUT2D eigenvalue weighted by Gasteiger charge is 2.21. The Kier molecular flexibility index (Phi) is 5.11. The molecule has 0 bridgehead atoms. The van der Waals surface area contributed by atoms with Crippen molar-refractivity contribution in [3.63, 3.8) is 0 Å². The summed E-state index contributed by atoms with van der Waals surface area (Å²) in [5.41, 5.74) is 2.65. The van der Waals surface area contributed by atoms with E-state index in [-0.39, 0.29) is 11.8 Å². The van der Waals surface area contributed by atoms with Gasteiger partial charge in [0, 0.05) is 53.9 Å². The zero-order chi connectivity index (χ0) is 20.5. The molecule has 1 atom stereocenters. The zero-order valence-corrected chi connectivity index (χ0v) is 17.3. The third-order valence-electron chi connectivity index (χ3n) is 6.12. The smallest absolute Gasteiger partial charge is 0.195 e. The molecule has 3 aromatic carbocycles. The van der Waals surface area contributed by atoms with E-state index in [9.17, 15) is 4.79 Å². The number of carbonyl (C=O) groups is 1. The first-order valence-electron chi connectivity index (χ1n) is 10.6. The predicted molar refractivity (Wildman–Crippen MR) is 121 cm³/mol. The fourth-order valence-corrected chi connectivity index (χ4v) is 4.56. The Hall–Kier alpha value is -2.95. The van der Waals surface area contributed by atoms with Crippen LogP contribution < -0.4 is 0 Å². The predicted octanol–water partition coefficient (Wildman–Crippen LogP) is 4.92. The number of fused-ring (bicyclic) bond motifs is 2. The van der Waals surface area contributed by atoms with Crippen LogP contribution >= 0.6 is 0 Å². The van der Waals surface area contributed by atoms with Crippen molar-refractivity contribution in [1.29, 1.82) is 0 Å². The molecule has 0 spiro atoms. The first-order chi connectivity index (χ1) is 14.7.